The summed E-state index contributed by atoms with van der Waals surface area (Å²) in [5.41, 5.74) is 4.92. The van der Waals surface area contributed by atoms with E-state index < -0.39 is 0 Å². The minimum absolute atomic E-state index is 0.0375. The predicted octanol–water partition coefficient (Wildman–Crippen LogP) is 2.08. The van der Waals surface area contributed by atoms with E-state index in [0.29, 0.717) is 12.1 Å². The molecule has 0 fully saturated rings. The van der Waals surface area contributed by atoms with Gasteiger partial charge in [-0.25, -0.2) is 0 Å². The van der Waals surface area contributed by atoms with Gasteiger partial charge in [0, 0.05) is 24.3 Å². The SMILES string of the molecule is O=C(NCc1ccc(CO)cc1)c1ccc2c(c1)CCN2. The Bertz CT molecular complexity index is 650. The first kappa shape index (κ1) is 13.6. The first-order valence-electron chi connectivity index (χ1n) is 7.10. The van der Waals surface area contributed by atoms with Crippen LogP contribution in [0.15, 0.2) is 42.5 Å². The lowest BCUT2D eigenvalue weighted by molar-refractivity contribution is 0.0951. The largest absolute Gasteiger partial charge is 0.392 e. The molecule has 4 nitrogen and oxygen atoms in total. The molecule has 108 valence electrons. The molecule has 0 aromatic heterocycles. The normalized spacial score (nSPS) is 12.6. The number of carbonyl (C=O) groups excluding carboxylic acids is 1. The number of hydrogen-bond acceptors (Lipinski definition) is 3. The number of fused-ring (bicyclic) bond motifs is 1. The van der Waals surface area contributed by atoms with Gasteiger partial charge in [-0.05, 0) is 41.3 Å². The molecular weight excluding hydrogens is 264 g/mol. The van der Waals surface area contributed by atoms with Gasteiger partial charge in [0.05, 0.1) is 6.61 Å². The van der Waals surface area contributed by atoms with E-state index in [9.17, 15) is 4.79 Å². The topological polar surface area (TPSA) is 61.4 Å². The molecule has 0 saturated heterocycles. The highest BCUT2D eigenvalue weighted by Gasteiger charge is 2.13. The van der Waals surface area contributed by atoms with E-state index in [2.05, 4.69) is 10.6 Å². The van der Waals surface area contributed by atoms with E-state index in [-0.39, 0.29) is 12.5 Å². The van der Waals surface area contributed by atoms with E-state index in [0.717, 1.165) is 29.8 Å². The summed E-state index contributed by atoms with van der Waals surface area (Å²) in [6.07, 6.45) is 0.971. The van der Waals surface area contributed by atoms with Crippen LogP contribution in [0.5, 0.6) is 0 Å². The van der Waals surface area contributed by atoms with Crippen molar-refractivity contribution in [3.63, 3.8) is 0 Å². The average Bonchev–Trinajstić information content (AvgIpc) is 3.00. The minimum Gasteiger partial charge on any atom is -0.392 e. The molecule has 0 aliphatic carbocycles. The average molecular weight is 282 g/mol. The summed E-state index contributed by atoms with van der Waals surface area (Å²) >= 11 is 0. The van der Waals surface area contributed by atoms with Crippen LogP contribution in [0.25, 0.3) is 0 Å². The van der Waals surface area contributed by atoms with Crippen LogP contribution in [0.2, 0.25) is 0 Å². The lowest BCUT2D eigenvalue weighted by atomic mass is 10.1. The Kier molecular flexibility index (Phi) is 3.88. The van der Waals surface area contributed by atoms with Gasteiger partial charge in [-0.1, -0.05) is 24.3 Å². The van der Waals surface area contributed by atoms with Crippen LogP contribution in [0, 0.1) is 0 Å². The van der Waals surface area contributed by atoms with Crippen molar-refractivity contribution in [2.45, 2.75) is 19.6 Å². The lowest BCUT2D eigenvalue weighted by Crippen LogP contribution is -2.22. The van der Waals surface area contributed by atoms with Gasteiger partial charge < -0.3 is 15.7 Å². The van der Waals surface area contributed by atoms with Gasteiger partial charge in [0.1, 0.15) is 0 Å². The highest BCUT2D eigenvalue weighted by Crippen LogP contribution is 2.22. The Balaban J connectivity index is 1.63. The maximum Gasteiger partial charge on any atom is 0.251 e. The third kappa shape index (κ3) is 3.06. The molecule has 0 atom stereocenters. The minimum atomic E-state index is -0.0593. The second kappa shape index (κ2) is 5.97. The molecule has 0 unspecified atom stereocenters. The molecule has 3 N–H and O–H groups in total. The molecule has 0 radical (unpaired) electrons. The van der Waals surface area contributed by atoms with Crippen molar-refractivity contribution in [1.82, 2.24) is 5.32 Å². The summed E-state index contributed by atoms with van der Waals surface area (Å²) in [5, 5.41) is 15.2. The Labute approximate surface area is 123 Å². The third-order valence-electron chi connectivity index (χ3n) is 3.74. The Morgan fingerprint density at radius 2 is 1.90 bits per heavy atom. The first-order valence-corrected chi connectivity index (χ1v) is 7.10. The monoisotopic (exact) mass is 282 g/mol. The zero-order valence-corrected chi connectivity index (χ0v) is 11.7. The molecule has 2 aromatic rings. The smallest absolute Gasteiger partial charge is 0.251 e. The fourth-order valence-electron chi connectivity index (χ4n) is 2.49. The van der Waals surface area contributed by atoms with Gasteiger partial charge in [-0.2, -0.15) is 0 Å². The summed E-state index contributed by atoms with van der Waals surface area (Å²) in [6, 6.07) is 13.3. The van der Waals surface area contributed by atoms with Gasteiger partial charge >= 0.3 is 0 Å². The molecule has 4 heteroatoms. The van der Waals surface area contributed by atoms with Crippen LogP contribution in [0.1, 0.15) is 27.0 Å². The zero-order valence-electron chi connectivity index (χ0n) is 11.7. The van der Waals surface area contributed by atoms with Gasteiger partial charge in [0.25, 0.3) is 5.91 Å². The van der Waals surface area contributed by atoms with Gasteiger partial charge in [0.15, 0.2) is 0 Å². The number of benzene rings is 2. The number of amides is 1. The van der Waals surface area contributed by atoms with Crippen LogP contribution in [0.3, 0.4) is 0 Å². The van der Waals surface area contributed by atoms with Crippen molar-refractivity contribution in [3.8, 4) is 0 Å². The molecule has 0 bridgehead atoms. The van der Waals surface area contributed by atoms with Crippen molar-refractivity contribution < 1.29 is 9.90 Å². The van der Waals surface area contributed by atoms with Crippen LogP contribution < -0.4 is 10.6 Å². The van der Waals surface area contributed by atoms with Crippen LogP contribution in [-0.4, -0.2) is 17.6 Å². The number of nitrogens with one attached hydrogen (secondary N) is 2. The second-order valence-corrected chi connectivity index (χ2v) is 5.21. The van der Waals surface area contributed by atoms with Gasteiger partial charge in [0.2, 0.25) is 0 Å². The van der Waals surface area contributed by atoms with E-state index in [1.165, 1.54) is 5.56 Å². The molecule has 3 rings (SSSR count). The van der Waals surface area contributed by atoms with Crippen LogP contribution in [0.4, 0.5) is 5.69 Å². The molecule has 1 aliphatic heterocycles. The molecule has 1 aliphatic rings. The quantitative estimate of drug-likeness (QED) is 0.804. The van der Waals surface area contributed by atoms with Crippen molar-refractivity contribution in [1.29, 1.82) is 0 Å². The molecule has 0 spiro atoms. The highest BCUT2D eigenvalue weighted by molar-refractivity contribution is 5.95. The van der Waals surface area contributed by atoms with Crippen molar-refractivity contribution in [2.24, 2.45) is 0 Å². The van der Waals surface area contributed by atoms with E-state index in [1.807, 2.05) is 42.5 Å². The summed E-state index contributed by atoms with van der Waals surface area (Å²) in [4.78, 5) is 12.2. The van der Waals surface area contributed by atoms with Crippen molar-refractivity contribution in [2.75, 3.05) is 11.9 Å². The molecule has 21 heavy (non-hydrogen) atoms. The summed E-state index contributed by atoms with van der Waals surface area (Å²) in [6.45, 7) is 1.47. The maximum absolute atomic E-state index is 12.2. The third-order valence-corrected chi connectivity index (χ3v) is 3.74. The Morgan fingerprint density at radius 1 is 1.14 bits per heavy atom. The lowest BCUT2D eigenvalue weighted by Gasteiger charge is -2.07. The molecule has 1 amide bonds. The van der Waals surface area contributed by atoms with Crippen molar-refractivity contribution in [3.05, 3.63) is 64.7 Å². The van der Waals surface area contributed by atoms with Crippen LogP contribution in [-0.2, 0) is 19.6 Å². The Hall–Kier alpha value is -2.33. The number of hydrogen-bond donors (Lipinski definition) is 3. The number of anilines is 1. The fourth-order valence-corrected chi connectivity index (χ4v) is 2.49. The second-order valence-electron chi connectivity index (χ2n) is 5.21. The number of rotatable bonds is 4. The van der Waals surface area contributed by atoms with Gasteiger partial charge in [-0.15, -0.1) is 0 Å². The highest BCUT2D eigenvalue weighted by atomic mass is 16.3. The number of carbonyl (C=O) groups is 1. The molecule has 2 aromatic carbocycles. The summed E-state index contributed by atoms with van der Waals surface area (Å²) in [7, 11) is 0. The van der Waals surface area contributed by atoms with E-state index >= 15 is 0 Å². The summed E-state index contributed by atoms with van der Waals surface area (Å²) < 4.78 is 0. The molecular formula is C17H18N2O2. The zero-order chi connectivity index (χ0) is 14.7. The van der Waals surface area contributed by atoms with Crippen LogP contribution >= 0.6 is 0 Å². The van der Waals surface area contributed by atoms with E-state index in [1.54, 1.807) is 0 Å². The predicted molar refractivity (Wildman–Crippen MR) is 82.2 cm³/mol. The molecule has 0 saturated carbocycles. The summed E-state index contributed by atoms with van der Waals surface area (Å²) in [5.74, 6) is -0.0593. The first-order chi connectivity index (χ1) is 10.3. The maximum atomic E-state index is 12.2. The number of aliphatic hydroxyl groups excluding tert-OH is 1. The van der Waals surface area contributed by atoms with Crippen molar-refractivity contribution >= 4 is 11.6 Å². The molecule has 1 heterocycles. The van der Waals surface area contributed by atoms with Gasteiger partial charge in [-0.3, -0.25) is 4.79 Å². The standard InChI is InChI=1S/C17H18N2O2/c20-11-13-3-1-12(2-4-13)10-19-17(21)15-5-6-16-14(9-15)7-8-18-16/h1-6,9,18,20H,7-8,10-11H2,(H,19,21). The fraction of sp³-hybridized carbons (Fsp3) is 0.235. The Morgan fingerprint density at radius 3 is 2.67 bits per heavy atom. The number of aliphatic hydroxyl groups is 1. The van der Waals surface area contributed by atoms with E-state index in [4.69, 9.17) is 5.11 Å².